The summed E-state index contributed by atoms with van der Waals surface area (Å²) < 4.78 is 5.45. The molecular formula is C11H22O2. The maximum atomic E-state index is 9.30. The normalized spacial score (nSPS) is 21.5. The molecule has 1 N–H and O–H groups in total. The molecule has 1 fully saturated rings. The van der Waals surface area contributed by atoms with Crippen molar-refractivity contribution in [3.05, 3.63) is 0 Å². The van der Waals surface area contributed by atoms with Crippen LogP contribution in [0, 0.1) is 11.3 Å². The molecule has 0 radical (unpaired) electrons. The summed E-state index contributed by atoms with van der Waals surface area (Å²) in [5.74, 6) is 0.753. The van der Waals surface area contributed by atoms with Crippen molar-refractivity contribution in [2.45, 2.75) is 39.5 Å². The summed E-state index contributed by atoms with van der Waals surface area (Å²) in [6.07, 6.45) is 4.68. The van der Waals surface area contributed by atoms with Gasteiger partial charge in [0.15, 0.2) is 0 Å². The second kappa shape index (κ2) is 4.97. The van der Waals surface area contributed by atoms with E-state index in [9.17, 15) is 5.11 Å². The summed E-state index contributed by atoms with van der Waals surface area (Å²) in [5.41, 5.74) is 0.133. The van der Waals surface area contributed by atoms with Crippen molar-refractivity contribution in [2.75, 3.05) is 19.8 Å². The number of aliphatic hydroxyl groups excluding tert-OH is 1. The maximum Gasteiger partial charge on any atom is 0.0488 e. The van der Waals surface area contributed by atoms with Crippen molar-refractivity contribution in [1.82, 2.24) is 0 Å². The standard InChI is InChI=1S/C11H22O2/c1-3-7-13-8-6-11(2,9-12)10-4-5-10/h10,12H,3-9H2,1-2H3. The number of rotatable bonds is 7. The van der Waals surface area contributed by atoms with Crippen LogP contribution in [0.5, 0.6) is 0 Å². The van der Waals surface area contributed by atoms with Crippen LogP contribution in [0.3, 0.4) is 0 Å². The van der Waals surface area contributed by atoms with Gasteiger partial charge in [-0.05, 0) is 37.0 Å². The molecule has 1 aliphatic rings. The zero-order valence-electron chi connectivity index (χ0n) is 8.88. The van der Waals surface area contributed by atoms with E-state index in [4.69, 9.17) is 4.74 Å². The first-order valence-electron chi connectivity index (χ1n) is 5.41. The Hall–Kier alpha value is -0.0800. The number of aliphatic hydroxyl groups is 1. The van der Waals surface area contributed by atoms with Crippen LogP contribution in [-0.4, -0.2) is 24.9 Å². The van der Waals surface area contributed by atoms with Crippen molar-refractivity contribution in [3.8, 4) is 0 Å². The maximum absolute atomic E-state index is 9.30. The summed E-state index contributed by atoms with van der Waals surface area (Å²) in [4.78, 5) is 0. The van der Waals surface area contributed by atoms with E-state index in [1.807, 2.05) is 0 Å². The lowest BCUT2D eigenvalue weighted by Crippen LogP contribution is -2.25. The van der Waals surface area contributed by atoms with Gasteiger partial charge in [0.05, 0.1) is 0 Å². The molecule has 0 heterocycles. The summed E-state index contributed by atoms with van der Waals surface area (Å²) in [6.45, 7) is 6.27. The van der Waals surface area contributed by atoms with Crippen LogP contribution in [0.15, 0.2) is 0 Å². The van der Waals surface area contributed by atoms with Gasteiger partial charge in [-0.15, -0.1) is 0 Å². The Morgan fingerprint density at radius 2 is 2.08 bits per heavy atom. The third kappa shape index (κ3) is 3.28. The van der Waals surface area contributed by atoms with E-state index in [0.29, 0.717) is 6.61 Å². The van der Waals surface area contributed by atoms with Gasteiger partial charge >= 0.3 is 0 Å². The first kappa shape index (κ1) is 11.0. The summed E-state index contributed by atoms with van der Waals surface area (Å²) >= 11 is 0. The minimum absolute atomic E-state index is 0.133. The molecule has 1 rings (SSSR count). The van der Waals surface area contributed by atoms with Crippen LogP contribution < -0.4 is 0 Å². The first-order chi connectivity index (χ1) is 6.23. The van der Waals surface area contributed by atoms with E-state index in [2.05, 4.69) is 13.8 Å². The molecule has 2 heteroatoms. The lowest BCUT2D eigenvalue weighted by atomic mass is 9.83. The Morgan fingerprint density at radius 3 is 2.54 bits per heavy atom. The Kier molecular flexibility index (Phi) is 4.20. The number of hydrogen-bond donors (Lipinski definition) is 1. The molecule has 1 saturated carbocycles. The van der Waals surface area contributed by atoms with Crippen LogP contribution >= 0.6 is 0 Å². The quantitative estimate of drug-likeness (QED) is 0.618. The highest BCUT2D eigenvalue weighted by Gasteiger charge is 2.40. The Labute approximate surface area is 81.3 Å². The van der Waals surface area contributed by atoms with Crippen LogP contribution in [0.1, 0.15) is 39.5 Å². The Balaban J connectivity index is 2.15. The van der Waals surface area contributed by atoms with Gasteiger partial charge < -0.3 is 9.84 Å². The van der Waals surface area contributed by atoms with E-state index < -0.39 is 0 Å². The summed E-state index contributed by atoms with van der Waals surface area (Å²) in [6, 6.07) is 0. The smallest absolute Gasteiger partial charge is 0.0488 e. The van der Waals surface area contributed by atoms with Gasteiger partial charge in [0.2, 0.25) is 0 Å². The van der Waals surface area contributed by atoms with E-state index in [1.54, 1.807) is 0 Å². The van der Waals surface area contributed by atoms with Crippen molar-refractivity contribution in [1.29, 1.82) is 0 Å². The predicted molar refractivity (Wildman–Crippen MR) is 53.6 cm³/mol. The molecule has 0 bridgehead atoms. The van der Waals surface area contributed by atoms with Gasteiger partial charge in [0.1, 0.15) is 0 Å². The first-order valence-corrected chi connectivity index (χ1v) is 5.41. The van der Waals surface area contributed by atoms with Crippen molar-refractivity contribution in [2.24, 2.45) is 11.3 Å². The molecule has 1 unspecified atom stereocenters. The van der Waals surface area contributed by atoms with Crippen LogP contribution in [-0.2, 0) is 4.74 Å². The molecule has 13 heavy (non-hydrogen) atoms. The molecule has 1 aliphatic carbocycles. The average molecular weight is 186 g/mol. The highest BCUT2D eigenvalue weighted by atomic mass is 16.5. The Morgan fingerprint density at radius 1 is 1.38 bits per heavy atom. The fraction of sp³-hybridized carbons (Fsp3) is 1.00. The highest BCUT2D eigenvalue weighted by molar-refractivity contribution is 4.90. The van der Waals surface area contributed by atoms with Crippen molar-refractivity contribution >= 4 is 0 Å². The molecule has 0 spiro atoms. The molecule has 0 aromatic carbocycles. The highest BCUT2D eigenvalue weighted by Crippen LogP contribution is 2.47. The third-order valence-corrected chi connectivity index (χ3v) is 3.09. The molecule has 0 aromatic rings. The van der Waals surface area contributed by atoms with Gasteiger partial charge in [-0.3, -0.25) is 0 Å². The molecule has 1 atom stereocenters. The largest absolute Gasteiger partial charge is 0.396 e. The molecule has 2 nitrogen and oxygen atoms in total. The zero-order chi connectivity index (χ0) is 9.73. The molecule has 0 amide bonds. The van der Waals surface area contributed by atoms with Crippen LogP contribution in [0.25, 0.3) is 0 Å². The SMILES string of the molecule is CCCOCCC(C)(CO)C1CC1. The topological polar surface area (TPSA) is 29.5 Å². The summed E-state index contributed by atoms with van der Waals surface area (Å²) in [5, 5.41) is 9.30. The average Bonchev–Trinajstić information content (AvgIpc) is 2.95. The molecule has 0 aliphatic heterocycles. The molecule has 0 saturated heterocycles. The van der Waals surface area contributed by atoms with Gasteiger partial charge in [-0.2, -0.15) is 0 Å². The third-order valence-electron chi connectivity index (χ3n) is 3.09. The number of hydrogen-bond acceptors (Lipinski definition) is 2. The summed E-state index contributed by atoms with van der Waals surface area (Å²) in [7, 11) is 0. The van der Waals surface area contributed by atoms with Crippen LogP contribution in [0.2, 0.25) is 0 Å². The lowest BCUT2D eigenvalue weighted by Gasteiger charge is -2.26. The van der Waals surface area contributed by atoms with Crippen molar-refractivity contribution in [3.63, 3.8) is 0 Å². The van der Waals surface area contributed by atoms with Gasteiger partial charge in [-0.25, -0.2) is 0 Å². The second-order valence-electron chi connectivity index (χ2n) is 4.45. The number of ether oxygens (including phenoxy) is 1. The minimum Gasteiger partial charge on any atom is -0.396 e. The predicted octanol–water partition coefficient (Wildman–Crippen LogP) is 2.21. The van der Waals surface area contributed by atoms with E-state index in [1.165, 1.54) is 12.8 Å². The minimum atomic E-state index is 0.133. The van der Waals surface area contributed by atoms with E-state index in [-0.39, 0.29) is 5.41 Å². The molecule has 0 aromatic heterocycles. The Bertz CT molecular complexity index is 143. The molecular weight excluding hydrogens is 164 g/mol. The monoisotopic (exact) mass is 186 g/mol. The van der Waals surface area contributed by atoms with E-state index >= 15 is 0 Å². The lowest BCUT2D eigenvalue weighted by molar-refractivity contribution is 0.0541. The zero-order valence-corrected chi connectivity index (χ0v) is 8.88. The molecule has 78 valence electrons. The second-order valence-corrected chi connectivity index (χ2v) is 4.45. The van der Waals surface area contributed by atoms with Gasteiger partial charge in [0, 0.05) is 19.8 Å². The van der Waals surface area contributed by atoms with Gasteiger partial charge in [-0.1, -0.05) is 13.8 Å². The van der Waals surface area contributed by atoms with Crippen molar-refractivity contribution < 1.29 is 9.84 Å². The van der Waals surface area contributed by atoms with E-state index in [0.717, 1.165) is 32.0 Å². The van der Waals surface area contributed by atoms with Gasteiger partial charge in [0.25, 0.3) is 0 Å². The van der Waals surface area contributed by atoms with Crippen LogP contribution in [0.4, 0.5) is 0 Å². The fourth-order valence-electron chi connectivity index (χ4n) is 1.74. The fourth-order valence-corrected chi connectivity index (χ4v) is 1.74.